The van der Waals surface area contributed by atoms with Gasteiger partial charge in [0.1, 0.15) is 12.6 Å². The summed E-state index contributed by atoms with van der Waals surface area (Å²) < 4.78 is 28.8. The lowest BCUT2D eigenvalue weighted by atomic mass is 10.1. The van der Waals surface area contributed by atoms with Crippen LogP contribution in [0.25, 0.3) is 0 Å². The van der Waals surface area contributed by atoms with E-state index >= 15 is 0 Å². The van der Waals surface area contributed by atoms with Gasteiger partial charge in [0, 0.05) is 32.2 Å². The largest absolute Gasteiger partial charge is 0.350 e. The van der Waals surface area contributed by atoms with E-state index in [4.69, 9.17) is 46.4 Å². The standard InChI is InChI=1S/C29H31Cl4N3O4S/c1-18-6-10-25(11-7-18)41(39,40)36(24-13-22(31)12-23(32)14-24)17-27(37)35(19(2)28(38)34-29(3,4)5)16-20-8-9-21(30)15-26(20)33/h6-15,19H,16-17H2,1-5H3,(H,34,38)/t19-/m1/s1. The van der Waals surface area contributed by atoms with Crippen molar-refractivity contribution in [1.29, 1.82) is 0 Å². The Kier molecular flexibility index (Phi) is 10.6. The molecule has 0 fully saturated rings. The van der Waals surface area contributed by atoms with Crippen molar-refractivity contribution in [2.24, 2.45) is 0 Å². The van der Waals surface area contributed by atoms with Crippen LogP contribution in [0.2, 0.25) is 20.1 Å². The molecule has 2 amide bonds. The van der Waals surface area contributed by atoms with Crippen molar-refractivity contribution in [3.8, 4) is 0 Å². The number of nitrogens with one attached hydrogen (secondary N) is 1. The molecule has 220 valence electrons. The average Bonchev–Trinajstić information content (AvgIpc) is 2.84. The van der Waals surface area contributed by atoms with E-state index in [1.807, 2.05) is 27.7 Å². The summed E-state index contributed by atoms with van der Waals surface area (Å²) in [5, 5.41) is 3.95. The normalized spacial score (nSPS) is 12.5. The van der Waals surface area contributed by atoms with E-state index in [1.165, 1.54) is 41.3 Å². The summed E-state index contributed by atoms with van der Waals surface area (Å²) in [6.07, 6.45) is 0. The predicted molar refractivity (Wildman–Crippen MR) is 167 cm³/mol. The third-order valence-corrected chi connectivity index (χ3v) is 8.86. The monoisotopic (exact) mass is 657 g/mol. The van der Waals surface area contributed by atoms with Gasteiger partial charge in [-0.1, -0.05) is 70.2 Å². The van der Waals surface area contributed by atoms with Gasteiger partial charge in [-0.15, -0.1) is 0 Å². The van der Waals surface area contributed by atoms with Crippen LogP contribution in [0.15, 0.2) is 65.6 Å². The highest BCUT2D eigenvalue weighted by atomic mass is 35.5. The predicted octanol–water partition coefficient (Wildman–Crippen LogP) is 7.14. The summed E-state index contributed by atoms with van der Waals surface area (Å²) in [6, 6.07) is 14.3. The van der Waals surface area contributed by atoms with Crippen LogP contribution >= 0.6 is 46.4 Å². The Balaban J connectivity index is 2.09. The number of nitrogens with zero attached hydrogens (tertiary/aromatic N) is 2. The van der Waals surface area contributed by atoms with Crippen molar-refractivity contribution >= 4 is 73.9 Å². The quantitative estimate of drug-likeness (QED) is 0.265. The molecule has 0 aliphatic heterocycles. The minimum Gasteiger partial charge on any atom is -0.350 e. The van der Waals surface area contributed by atoms with Gasteiger partial charge in [0.2, 0.25) is 11.8 Å². The second-order valence-corrected chi connectivity index (χ2v) is 14.2. The van der Waals surface area contributed by atoms with Crippen molar-refractivity contribution in [2.75, 3.05) is 10.8 Å². The van der Waals surface area contributed by atoms with Crippen LogP contribution in [0.3, 0.4) is 0 Å². The summed E-state index contributed by atoms with van der Waals surface area (Å²) in [4.78, 5) is 28.5. The molecule has 0 radical (unpaired) electrons. The first-order valence-electron chi connectivity index (χ1n) is 12.6. The molecule has 12 heteroatoms. The van der Waals surface area contributed by atoms with E-state index in [2.05, 4.69) is 5.32 Å². The smallest absolute Gasteiger partial charge is 0.264 e. The first kappa shape index (κ1) is 33.0. The molecule has 0 aliphatic carbocycles. The van der Waals surface area contributed by atoms with E-state index in [9.17, 15) is 18.0 Å². The molecular formula is C29H31Cl4N3O4S. The van der Waals surface area contributed by atoms with Gasteiger partial charge < -0.3 is 10.2 Å². The van der Waals surface area contributed by atoms with Gasteiger partial charge in [-0.05, 0) is 82.6 Å². The first-order chi connectivity index (χ1) is 19.0. The van der Waals surface area contributed by atoms with Crippen LogP contribution in [0, 0.1) is 6.92 Å². The van der Waals surface area contributed by atoms with E-state index in [0.29, 0.717) is 15.6 Å². The van der Waals surface area contributed by atoms with Crippen LogP contribution in [-0.4, -0.2) is 43.3 Å². The molecule has 1 N–H and O–H groups in total. The molecule has 0 heterocycles. The summed E-state index contributed by atoms with van der Waals surface area (Å²) in [5.41, 5.74) is 0.907. The third-order valence-electron chi connectivity index (χ3n) is 6.04. The second-order valence-electron chi connectivity index (χ2n) is 10.6. The van der Waals surface area contributed by atoms with Crippen molar-refractivity contribution in [3.05, 3.63) is 91.9 Å². The number of halogens is 4. The molecular weight excluding hydrogens is 628 g/mol. The van der Waals surface area contributed by atoms with Gasteiger partial charge in [-0.2, -0.15) is 0 Å². The molecule has 0 spiro atoms. The van der Waals surface area contributed by atoms with Crippen molar-refractivity contribution in [3.63, 3.8) is 0 Å². The van der Waals surface area contributed by atoms with Crippen molar-refractivity contribution in [1.82, 2.24) is 10.2 Å². The lowest BCUT2D eigenvalue weighted by Crippen LogP contribution is -2.54. The third kappa shape index (κ3) is 8.75. The second kappa shape index (κ2) is 13.2. The zero-order valence-electron chi connectivity index (χ0n) is 23.2. The molecule has 0 unspecified atom stereocenters. The Labute approximate surface area is 261 Å². The lowest BCUT2D eigenvalue weighted by Gasteiger charge is -2.33. The Morgan fingerprint density at radius 3 is 2.00 bits per heavy atom. The molecule has 0 aliphatic rings. The van der Waals surface area contributed by atoms with E-state index in [-0.39, 0.29) is 27.2 Å². The molecule has 41 heavy (non-hydrogen) atoms. The Morgan fingerprint density at radius 2 is 1.46 bits per heavy atom. The zero-order chi connectivity index (χ0) is 30.7. The van der Waals surface area contributed by atoms with Gasteiger partial charge in [0.05, 0.1) is 10.6 Å². The molecule has 1 atom stereocenters. The minimum absolute atomic E-state index is 0.0298. The molecule has 3 aromatic carbocycles. The fraction of sp³-hybridized carbons (Fsp3) is 0.310. The number of amides is 2. The Morgan fingerprint density at radius 1 is 0.878 bits per heavy atom. The number of hydrogen-bond donors (Lipinski definition) is 1. The SMILES string of the molecule is Cc1ccc(S(=O)(=O)N(CC(=O)N(Cc2ccc(Cl)cc2Cl)[C@H](C)C(=O)NC(C)(C)C)c2cc(Cl)cc(Cl)c2)cc1. The fourth-order valence-electron chi connectivity index (χ4n) is 3.94. The first-order valence-corrected chi connectivity index (χ1v) is 15.5. The topological polar surface area (TPSA) is 86.8 Å². The number of aryl methyl sites for hydroxylation is 1. The Bertz CT molecular complexity index is 1520. The maximum absolute atomic E-state index is 14.0. The number of carbonyl (C=O) groups excluding carboxylic acids is 2. The number of hydrogen-bond acceptors (Lipinski definition) is 4. The summed E-state index contributed by atoms with van der Waals surface area (Å²) in [5.74, 6) is -1.07. The molecule has 0 aromatic heterocycles. The van der Waals surface area contributed by atoms with Gasteiger partial charge in [-0.3, -0.25) is 13.9 Å². The van der Waals surface area contributed by atoms with Crippen LogP contribution < -0.4 is 9.62 Å². The molecule has 0 saturated heterocycles. The van der Waals surface area contributed by atoms with Crippen LogP contribution in [0.5, 0.6) is 0 Å². The molecule has 3 rings (SSSR count). The molecule has 3 aromatic rings. The highest BCUT2D eigenvalue weighted by Gasteiger charge is 2.34. The van der Waals surface area contributed by atoms with Crippen LogP contribution in [-0.2, 0) is 26.2 Å². The van der Waals surface area contributed by atoms with E-state index < -0.39 is 40.0 Å². The maximum atomic E-state index is 14.0. The van der Waals surface area contributed by atoms with Gasteiger partial charge in [0.25, 0.3) is 10.0 Å². The summed E-state index contributed by atoms with van der Waals surface area (Å²) >= 11 is 24.9. The van der Waals surface area contributed by atoms with Gasteiger partial charge in [-0.25, -0.2) is 8.42 Å². The minimum atomic E-state index is -4.27. The number of sulfonamides is 1. The van der Waals surface area contributed by atoms with Crippen LogP contribution in [0.1, 0.15) is 38.8 Å². The number of benzene rings is 3. The number of carbonyl (C=O) groups is 2. The van der Waals surface area contributed by atoms with Crippen molar-refractivity contribution in [2.45, 2.75) is 57.6 Å². The molecule has 0 saturated carbocycles. The van der Waals surface area contributed by atoms with Gasteiger partial charge in [0.15, 0.2) is 0 Å². The number of rotatable bonds is 9. The molecule has 7 nitrogen and oxygen atoms in total. The fourth-order valence-corrected chi connectivity index (χ4v) is 6.32. The maximum Gasteiger partial charge on any atom is 0.264 e. The lowest BCUT2D eigenvalue weighted by molar-refractivity contribution is -0.140. The highest BCUT2D eigenvalue weighted by molar-refractivity contribution is 7.92. The highest BCUT2D eigenvalue weighted by Crippen LogP contribution is 2.31. The summed E-state index contributed by atoms with van der Waals surface area (Å²) in [6.45, 7) is 8.12. The van der Waals surface area contributed by atoms with Crippen LogP contribution in [0.4, 0.5) is 5.69 Å². The Hall–Kier alpha value is -2.49. The van der Waals surface area contributed by atoms with Gasteiger partial charge >= 0.3 is 0 Å². The summed E-state index contributed by atoms with van der Waals surface area (Å²) in [7, 11) is -4.27. The molecule has 0 bridgehead atoms. The van der Waals surface area contributed by atoms with Crippen molar-refractivity contribution < 1.29 is 18.0 Å². The van der Waals surface area contributed by atoms with E-state index in [0.717, 1.165) is 9.87 Å². The number of anilines is 1. The zero-order valence-corrected chi connectivity index (χ0v) is 27.1. The average molecular weight is 659 g/mol. The van der Waals surface area contributed by atoms with E-state index in [1.54, 1.807) is 31.2 Å².